The Bertz CT molecular complexity index is 864. The van der Waals surface area contributed by atoms with Crippen molar-refractivity contribution in [3.05, 3.63) is 59.4 Å². The van der Waals surface area contributed by atoms with Crippen LogP contribution in [0.4, 0.5) is 5.69 Å². The van der Waals surface area contributed by atoms with Crippen molar-refractivity contribution in [2.45, 2.75) is 26.2 Å². The summed E-state index contributed by atoms with van der Waals surface area (Å²) in [6, 6.07) is 14.1. The zero-order valence-electron chi connectivity index (χ0n) is 13.3. The maximum absolute atomic E-state index is 12.5. The molecule has 0 radical (unpaired) electrons. The van der Waals surface area contributed by atoms with Gasteiger partial charge in [-0.05, 0) is 43.2 Å². The number of aromatic nitrogens is 2. The number of carbonyl (C=O) groups excluding carboxylic acids is 1. The van der Waals surface area contributed by atoms with Crippen LogP contribution in [0.1, 0.15) is 29.3 Å². The van der Waals surface area contributed by atoms with E-state index in [4.69, 9.17) is 0 Å². The highest BCUT2D eigenvalue weighted by molar-refractivity contribution is 5.97. The fourth-order valence-corrected chi connectivity index (χ4v) is 3.32. The second-order valence-electron chi connectivity index (χ2n) is 6.26. The van der Waals surface area contributed by atoms with Crippen LogP contribution >= 0.6 is 0 Å². The molecule has 1 fully saturated rings. The van der Waals surface area contributed by atoms with Gasteiger partial charge in [-0.2, -0.15) is 0 Å². The summed E-state index contributed by atoms with van der Waals surface area (Å²) in [6.45, 7) is 4.84. The van der Waals surface area contributed by atoms with E-state index in [-0.39, 0.29) is 11.8 Å². The number of rotatable bonds is 2. The summed E-state index contributed by atoms with van der Waals surface area (Å²) in [5.41, 5.74) is 5.39. The van der Waals surface area contributed by atoms with Crippen molar-refractivity contribution in [1.82, 2.24) is 9.97 Å². The standard InChI is InChI=1S/C19H19N3O/c1-12-6-5-9-17(13(12)2)22-11-14(10-18(22)23)19-20-15-7-3-4-8-16(15)21-19/h3-9,14H,10-11H2,1-2H3,(H,20,21)/t14-/m1/s1. The van der Waals surface area contributed by atoms with Gasteiger partial charge in [-0.1, -0.05) is 24.3 Å². The third-order valence-electron chi connectivity index (χ3n) is 4.79. The van der Waals surface area contributed by atoms with Crippen molar-refractivity contribution in [1.29, 1.82) is 0 Å². The zero-order chi connectivity index (χ0) is 16.0. The number of nitrogens with zero attached hydrogens (tertiary/aromatic N) is 2. The van der Waals surface area contributed by atoms with Crippen molar-refractivity contribution in [3.63, 3.8) is 0 Å². The summed E-state index contributed by atoms with van der Waals surface area (Å²) >= 11 is 0. The number of fused-ring (bicyclic) bond motifs is 1. The molecule has 1 aromatic heterocycles. The van der Waals surface area contributed by atoms with Gasteiger partial charge in [0, 0.05) is 24.6 Å². The van der Waals surface area contributed by atoms with E-state index in [2.05, 4.69) is 29.9 Å². The number of hydrogen-bond donors (Lipinski definition) is 1. The molecular weight excluding hydrogens is 286 g/mol. The number of amides is 1. The van der Waals surface area contributed by atoms with Gasteiger partial charge < -0.3 is 9.88 Å². The molecule has 2 heterocycles. The van der Waals surface area contributed by atoms with Crippen LogP contribution in [0.25, 0.3) is 11.0 Å². The Labute approximate surface area is 135 Å². The second-order valence-corrected chi connectivity index (χ2v) is 6.26. The monoisotopic (exact) mass is 305 g/mol. The summed E-state index contributed by atoms with van der Waals surface area (Å²) in [5.74, 6) is 1.20. The summed E-state index contributed by atoms with van der Waals surface area (Å²) in [7, 11) is 0. The second kappa shape index (κ2) is 5.23. The summed E-state index contributed by atoms with van der Waals surface area (Å²) < 4.78 is 0. The van der Waals surface area contributed by atoms with Crippen molar-refractivity contribution in [3.8, 4) is 0 Å². The molecule has 23 heavy (non-hydrogen) atoms. The normalized spacial score (nSPS) is 18.1. The highest BCUT2D eigenvalue weighted by Gasteiger charge is 2.34. The molecule has 1 atom stereocenters. The summed E-state index contributed by atoms with van der Waals surface area (Å²) in [5, 5.41) is 0. The fourth-order valence-electron chi connectivity index (χ4n) is 3.32. The molecule has 1 saturated heterocycles. The first-order valence-corrected chi connectivity index (χ1v) is 7.94. The van der Waals surface area contributed by atoms with E-state index in [1.54, 1.807) is 0 Å². The Hall–Kier alpha value is -2.62. The van der Waals surface area contributed by atoms with Crippen LogP contribution in [0, 0.1) is 13.8 Å². The molecule has 0 saturated carbocycles. The number of H-pyrrole nitrogens is 1. The number of para-hydroxylation sites is 2. The predicted molar refractivity (Wildman–Crippen MR) is 91.7 cm³/mol. The number of hydrogen-bond acceptors (Lipinski definition) is 2. The van der Waals surface area contributed by atoms with Gasteiger partial charge in [0.05, 0.1) is 11.0 Å². The molecule has 1 N–H and O–H groups in total. The molecule has 2 aromatic carbocycles. The van der Waals surface area contributed by atoms with Crippen LogP contribution in [0.2, 0.25) is 0 Å². The smallest absolute Gasteiger partial charge is 0.227 e. The van der Waals surface area contributed by atoms with E-state index in [0.29, 0.717) is 13.0 Å². The molecule has 1 aliphatic rings. The van der Waals surface area contributed by atoms with Crippen LogP contribution in [0.3, 0.4) is 0 Å². The van der Waals surface area contributed by atoms with Gasteiger partial charge in [0.1, 0.15) is 5.82 Å². The quantitative estimate of drug-likeness (QED) is 0.785. The number of aryl methyl sites for hydroxylation is 1. The van der Waals surface area contributed by atoms with Gasteiger partial charge in [-0.3, -0.25) is 4.79 Å². The molecule has 1 aliphatic heterocycles. The number of aromatic amines is 1. The number of carbonyl (C=O) groups is 1. The third kappa shape index (κ3) is 2.31. The summed E-state index contributed by atoms with van der Waals surface area (Å²) in [4.78, 5) is 22.5. The van der Waals surface area contributed by atoms with Gasteiger partial charge in [-0.15, -0.1) is 0 Å². The van der Waals surface area contributed by atoms with Crippen LogP contribution in [0.5, 0.6) is 0 Å². The molecule has 3 aromatic rings. The molecule has 0 spiro atoms. The lowest BCUT2D eigenvalue weighted by molar-refractivity contribution is -0.117. The molecule has 4 rings (SSSR count). The minimum Gasteiger partial charge on any atom is -0.342 e. The average molecular weight is 305 g/mol. The van der Waals surface area contributed by atoms with Crippen LogP contribution in [-0.4, -0.2) is 22.4 Å². The van der Waals surface area contributed by atoms with Crippen molar-refractivity contribution in [2.24, 2.45) is 0 Å². The Morgan fingerprint density at radius 1 is 1.13 bits per heavy atom. The molecule has 4 heteroatoms. The zero-order valence-corrected chi connectivity index (χ0v) is 13.3. The SMILES string of the molecule is Cc1cccc(N2C[C@H](c3nc4ccccc4[nH]3)CC2=O)c1C. The van der Waals surface area contributed by atoms with Crippen molar-refractivity contribution in [2.75, 3.05) is 11.4 Å². The number of benzene rings is 2. The first-order valence-electron chi connectivity index (χ1n) is 7.94. The molecule has 0 bridgehead atoms. The van der Waals surface area contributed by atoms with E-state index in [1.165, 1.54) is 11.1 Å². The lowest BCUT2D eigenvalue weighted by atomic mass is 10.1. The topological polar surface area (TPSA) is 49.0 Å². The molecule has 116 valence electrons. The molecule has 0 unspecified atom stereocenters. The van der Waals surface area contributed by atoms with Gasteiger partial charge in [-0.25, -0.2) is 4.98 Å². The minimum atomic E-state index is 0.120. The highest BCUT2D eigenvalue weighted by Crippen LogP contribution is 2.33. The van der Waals surface area contributed by atoms with E-state index in [0.717, 1.165) is 22.5 Å². The predicted octanol–water partition coefficient (Wildman–Crippen LogP) is 3.70. The van der Waals surface area contributed by atoms with E-state index in [1.807, 2.05) is 41.3 Å². The molecule has 4 nitrogen and oxygen atoms in total. The van der Waals surface area contributed by atoms with Gasteiger partial charge in [0.15, 0.2) is 0 Å². The average Bonchev–Trinajstić information content (AvgIpc) is 3.13. The minimum absolute atomic E-state index is 0.120. The Kier molecular flexibility index (Phi) is 3.18. The first-order chi connectivity index (χ1) is 11.1. The van der Waals surface area contributed by atoms with Crippen LogP contribution in [-0.2, 0) is 4.79 Å². The van der Waals surface area contributed by atoms with Crippen molar-refractivity contribution < 1.29 is 4.79 Å². The lowest BCUT2D eigenvalue weighted by Crippen LogP contribution is -2.25. The summed E-state index contributed by atoms with van der Waals surface area (Å²) in [6.07, 6.45) is 0.507. The maximum atomic E-state index is 12.5. The number of anilines is 1. The van der Waals surface area contributed by atoms with E-state index in [9.17, 15) is 4.79 Å². The molecule has 1 amide bonds. The maximum Gasteiger partial charge on any atom is 0.227 e. The van der Waals surface area contributed by atoms with Gasteiger partial charge >= 0.3 is 0 Å². The molecule has 0 aliphatic carbocycles. The van der Waals surface area contributed by atoms with Crippen LogP contribution in [0.15, 0.2) is 42.5 Å². The fraction of sp³-hybridized carbons (Fsp3) is 0.263. The Balaban J connectivity index is 1.66. The largest absolute Gasteiger partial charge is 0.342 e. The number of imidazole rings is 1. The third-order valence-corrected chi connectivity index (χ3v) is 4.79. The first kappa shape index (κ1) is 14.0. The lowest BCUT2D eigenvalue weighted by Gasteiger charge is -2.20. The van der Waals surface area contributed by atoms with Crippen LogP contribution < -0.4 is 4.90 Å². The highest BCUT2D eigenvalue weighted by atomic mass is 16.2. The van der Waals surface area contributed by atoms with Crippen molar-refractivity contribution >= 4 is 22.6 Å². The number of nitrogens with one attached hydrogen (secondary N) is 1. The van der Waals surface area contributed by atoms with Gasteiger partial charge in [0.25, 0.3) is 0 Å². The Morgan fingerprint density at radius 2 is 1.96 bits per heavy atom. The van der Waals surface area contributed by atoms with Gasteiger partial charge in [0.2, 0.25) is 5.91 Å². The van der Waals surface area contributed by atoms with E-state index >= 15 is 0 Å². The Morgan fingerprint density at radius 3 is 2.78 bits per heavy atom. The van der Waals surface area contributed by atoms with E-state index < -0.39 is 0 Å². The molecular formula is C19H19N3O.